The number of anilines is 1. The molecule has 0 aromatic heterocycles. The number of nitrogens with zero attached hydrogens (tertiary/aromatic N) is 2. The number of phenolic OH excluding ortho intramolecular Hbond substituents is 1. The highest BCUT2D eigenvalue weighted by molar-refractivity contribution is 7.82. The molecule has 8 heteroatoms. The van der Waals surface area contributed by atoms with E-state index in [2.05, 4.69) is 4.72 Å². The van der Waals surface area contributed by atoms with Crippen molar-refractivity contribution in [2.24, 2.45) is 5.10 Å². The van der Waals surface area contributed by atoms with Crippen molar-refractivity contribution in [3.63, 3.8) is 0 Å². The minimum Gasteiger partial charge on any atom is -0.506 e. The molecule has 0 saturated heterocycles. The number of hydrogen-bond donors (Lipinski definition) is 2. The van der Waals surface area contributed by atoms with Crippen molar-refractivity contribution in [1.29, 1.82) is 0 Å². The van der Waals surface area contributed by atoms with Crippen LogP contribution in [0.3, 0.4) is 0 Å². The second-order valence-electron chi connectivity index (χ2n) is 7.21. The molecule has 0 bridgehead atoms. The molecule has 0 saturated carbocycles. The Kier molecular flexibility index (Phi) is 6.92. The second-order valence-corrected chi connectivity index (χ2v) is 9.35. The van der Waals surface area contributed by atoms with Crippen LogP contribution in [-0.2, 0) is 16.7 Å². The van der Waals surface area contributed by atoms with Gasteiger partial charge in [-0.15, -0.1) is 0 Å². The molecular formula is C23H21Cl2N3O2S. The van der Waals surface area contributed by atoms with Gasteiger partial charge in [0.15, 0.2) is 0 Å². The molecule has 2 N–H and O–H groups in total. The monoisotopic (exact) mass is 473 g/mol. The van der Waals surface area contributed by atoms with Crippen molar-refractivity contribution in [3.05, 3.63) is 94.0 Å². The molecule has 4 rings (SSSR count). The van der Waals surface area contributed by atoms with Crippen LogP contribution in [0.25, 0.3) is 0 Å². The molecule has 0 amide bonds. The zero-order valence-electron chi connectivity index (χ0n) is 16.5. The maximum atomic E-state index is 12.5. The van der Waals surface area contributed by atoms with Gasteiger partial charge in [0.05, 0.1) is 28.5 Å². The fourth-order valence-electron chi connectivity index (χ4n) is 3.48. The summed E-state index contributed by atoms with van der Waals surface area (Å²) in [5, 5.41) is 18.1. The van der Waals surface area contributed by atoms with E-state index in [1.54, 1.807) is 17.1 Å². The van der Waals surface area contributed by atoms with Crippen LogP contribution in [-0.4, -0.2) is 21.6 Å². The van der Waals surface area contributed by atoms with E-state index in [1.165, 1.54) is 6.07 Å². The van der Waals surface area contributed by atoms with Crippen LogP contribution < -0.4 is 9.73 Å². The highest BCUT2D eigenvalue weighted by Crippen LogP contribution is 2.40. The van der Waals surface area contributed by atoms with Crippen molar-refractivity contribution < 1.29 is 9.32 Å². The summed E-state index contributed by atoms with van der Waals surface area (Å²) in [6.45, 7) is 0.383. The molecule has 1 heterocycles. The average Bonchev–Trinajstić information content (AvgIpc) is 3.17. The van der Waals surface area contributed by atoms with Gasteiger partial charge >= 0.3 is 0 Å². The zero-order valence-corrected chi connectivity index (χ0v) is 18.9. The number of aromatic hydroxyl groups is 1. The topological polar surface area (TPSA) is 64.9 Å². The predicted molar refractivity (Wildman–Crippen MR) is 128 cm³/mol. The van der Waals surface area contributed by atoms with E-state index >= 15 is 0 Å². The van der Waals surface area contributed by atoms with Gasteiger partial charge in [0, 0.05) is 29.1 Å². The minimum absolute atomic E-state index is 0.0528. The van der Waals surface area contributed by atoms with Crippen molar-refractivity contribution in [3.8, 4) is 5.75 Å². The van der Waals surface area contributed by atoms with Crippen molar-refractivity contribution in [2.75, 3.05) is 11.6 Å². The van der Waals surface area contributed by atoms with Crippen LogP contribution in [0.1, 0.15) is 23.6 Å². The number of rotatable bonds is 7. The highest BCUT2D eigenvalue weighted by atomic mass is 35.5. The molecule has 31 heavy (non-hydrogen) atoms. The first-order valence-corrected chi connectivity index (χ1v) is 11.8. The maximum Gasteiger partial charge on any atom is 0.142 e. The third-order valence-corrected chi connectivity index (χ3v) is 6.54. The summed E-state index contributed by atoms with van der Waals surface area (Å²) in [6.07, 6.45) is 0.624. The lowest BCUT2D eigenvalue weighted by molar-refractivity contribution is 0.472. The van der Waals surface area contributed by atoms with Gasteiger partial charge in [-0.3, -0.25) is 5.01 Å². The molecule has 0 spiro atoms. The van der Waals surface area contributed by atoms with Gasteiger partial charge in [-0.25, -0.2) is 8.93 Å². The van der Waals surface area contributed by atoms with Gasteiger partial charge in [0.25, 0.3) is 0 Å². The van der Waals surface area contributed by atoms with Crippen molar-refractivity contribution >= 4 is 45.6 Å². The summed E-state index contributed by atoms with van der Waals surface area (Å²) >= 11 is 12.1. The van der Waals surface area contributed by atoms with E-state index in [-0.39, 0.29) is 11.8 Å². The van der Waals surface area contributed by atoms with E-state index in [9.17, 15) is 9.32 Å². The number of phenols is 1. The fourth-order valence-corrected chi connectivity index (χ4v) is 4.69. The Balaban J connectivity index is 1.52. The smallest absolute Gasteiger partial charge is 0.142 e. The lowest BCUT2D eigenvalue weighted by atomic mass is 10.0. The average molecular weight is 474 g/mol. The summed E-state index contributed by atoms with van der Waals surface area (Å²) < 4.78 is 15.5. The summed E-state index contributed by atoms with van der Waals surface area (Å²) in [6, 6.07) is 22.1. The Morgan fingerprint density at radius 2 is 1.74 bits per heavy atom. The van der Waals surface area contributed by atoms with Crippen LogP contribution in [0.5, 0.6) is 5.75 Å². The van der Waals surface area contributed by atoms with Crippen LogP contribution in [0.4, 0.5) is 5.69 Å². The van der Waals surface area contributed by atoms with E-state index in [0.29, 0.717) is 34.5 Å². The van der Waals surface area contributed by atoms with Crippen LogP contribution in [0.15, 0.2) is 77.9 Å². The molecule has 0 aliphatic carbocycles. The Bertz CT molecular complexity index is 1110. The van der Waals surface area contributed by atoms with Gasteiger partial charge in [-0.1, -0.05) is 65.7 Å². The Morgan fingerprint density at radius 3 is 2.45 bits per heavy atom. The standard InChI is InChI=1S/C23H21Cl2N3O2S/c24-18-8-6-17(7-9-18)22-13-20(14-26-31(30)15-16-4-2-1-3-5-16)27-28(22)21-11-10-19(25)12-23(21)29/h1-12,22,26,29H,13-15H2. The third kappa shape index (κ3) is 5.46. The SMILES string of the molecule is O=S(Cc1ccccc1)NCC1=NN(c2ccc(Cl)cc2O)C(c2ccc(Cl)cc2)C1. The lowest BCUT2D eigenvalue weighted by Crippen LogP contribution is -2.25. The molecule has 2 unspecified atom stereocenters. The molecule has 160 valence electrons. The third-order valence-electron chi connectivity index (χ3n) is 4.99. The van der Waals surface area contributed by atoms with E-state index in [0.717, 1.165) is 16.8 Å². The van der Waals surface area contributed by atoms with E-state index in [4.69, 9.17) is 28.3 Å². The number of hydrazone groups is 1. The van der Waals surface area contributed by atoms with E-state index < -0.39 is 11.0 Å². The second kappa shape index (κ2) is 9.83. The summed E-state index contributed by atoms with van der Waals surface area (Å²) in [7, 11) is -1.22. The summed E-state index contributed by atoms with van der Waals surface area (Å²) in [5.74, 6) is 0.480. The first kappa shape index (κ1) is 21.8. The quantitative estimate of drug-likeness (QED) is 0.478. The first-order chi connectivity index (χ1) is 15.0. The lowest BCUT2D eigenvalue weighted by Gasteiger charge is -2.24. The van der Waals surface area contributed by atoms with Crippen molar-refractivity contribution in [1.82, 2.24) is 4.72 Å². The normalized spacial score (nSPS) is 16.9. The van der Waals surface area contributed by atoms with Gasteiger partial charge in [0.2, 0.25) is 0 Å². The zero-order chi connectivity index (χ0) is 21.8. The molecule has 3 aromatic rings. The summed E-state index contributed by atoms with van der Waals surface area (Å²) in [4.78, 5) is 0. The largest absolute Gasteiger partial charge is 0.506 e. The van der Waals surface area contributed by atoms with Crippen LogP contribution >= 0.6 is 23.2 Å². The van der Waals surface area contributed by atoms with Crippen LogP contribution in [0, 0.1) is 0 Å². The van der Waals surface area contributed by atoms with Gasteiger partial charge < -0.3 is 5.11 Å². The number of nitrogens with one attached hydrogen (secondary N) is 1. The highest BCUT2D eigenvalue weighted by Gasteiger charge is 2.30. The molecule has 5 nitrogen and oxygen atoms in total. The predicted octanol–water partition coefficient (Wildman–Crippen LogP) is 5.46. The minimum atomic E-state index is -1.22. The molecule has 0 radical (unpaired) electrons. The molecule has 3 aromatic carbocycles. The Hall–Kier alpha value is -2.38. The fraction of sp³-hybridized carbons (Fsp3) is 0.174. The number of benzene rings is 3. The number of halogens is 2. The first-order valence-electron chi connectivity index (χ1n) is 9.75. The van der Waals surface area contributed by atoms with Crippen molar-refractivity contribution in [2.45, 2.75) is 18.2 Å². The molecule has 1 aliphatic heterocycles. The molecule has 0 fully saturated rings. The summed E-state index contributed by atoms with van der Waals surface area (Å²) in [5.41, 5.74) is 3.43. The van der Waals surface area contributed by atoms with Gasteiger partial charge in [0.1, 0.15) is 11.4 Å². The van der Waals surface area contributed by atoms with Gasteiger partial charge in [-0.05, 0) is 35.4 Å². The molecular weight excluding hydrogens is 453 g/mol. The molecule has 1 aliphatic rings. The van der Waals surface area contributed by atoms with E-state index in [1.807, 2.05) is 54.6 Å². The van der Waals surface area contributed by atoms with Gasteiger partial charge in [-0.2, -0.15) is 5.10 Å². The number of hydrogen-bond acceptors (Lipinski definition) is 4. The maximum absolute atomic E-state index is 12.5. The van der Waals surface area contributed by atoms with Crippen LogP contribution in [0.2, 0.25) is 10.0 Å². The Morgan fingerprint density at radius 1 is 1.03 bits per heavy atom. The molecule has 2 atom stereocenters. The Labute approximate surface area is 193 Å².